The van der Waals surface area contributed by atoms with Gasteiger partial charge in [0.1, 0.15) is 6.54 Å². The van der Waals surface area contributed by atoms with Gasteiger partial charge < -0.3 is 0 Å². The van der Waals surface area contributed by atoms with Gasteiger partial charge in [0, 0.05) is 11.1 Å². The van der Waals surface area contributed by atoms with Crippen molar-refractivity contribution < 1.29 is 4.79 Å². The summed E-state index contributed by atoms with van der Waals surface area (Å²) >= 11 is 0. The van der Waals surface area contributed by atoms with Crippen LogP contribution >= 0.6 is 0 Å². The molecule has 0 bridgehead atoms. The second-order valence-electron chi connectivity index (χ2n) is 5.27. The van der Waals surface area contributed by atoms with Crippen LogP contribution in [0, 0.1) is 13.8 Å². The molecule has 0 N–H and O–H groups in total. The molecule has 0 amide bonds. The fourth-order valence-electron chi connectivity index (χ4n) is 2.36. The third-order valence-corrected chi connectivity index (χ3v) is 3.55. The van der Waals surface area contributed by atoms with Crippen molar-refractivity contribution in [3.63, 3.8) is 0 Å². The van der Waals surface area contributed by atoms with E-state index in [2.05, 4.69) is 15.5 Å². The van der Waals surface area contributed by atoms with Crippen molar-refractivity contribution in [3.05, 3.63) is 65.2 Å². The quantitative estimate of drug-likeness (QED) is 0.694. The van der Waals surface area contributed by atoms with E-state index in [0.29, 0.717) is 5.82 Å². The van der Waals surface area contributed by atoms with Crippen LogP contribution in [0.1, 0.15) is 21.5 Å². The number of Topliss-reactive ketones (excluding diaryl/α,β-unsaturated/α-hetero) is 1. The molecule has 0 saturated carbocycles. The molecular formula is C17H16N4O. The first-order chi connectivity index (χ1) is 10.6. The van der Waals surface area contributed by atoms with Crippen molar-refractivity contribution in [1.82, 2.24) is 20.2 Å². The number of nitrogens with zero attached hydrogens (tertiary/aromatic N) is 4. The van der Waals surface area contributed by atoms with Crippen LogP contribution < -0.4 is 0 Å². The summed E-state index contributed by atoms with van der Waals surface area (Å²) in [7, 11) is 0. The Morgan fingerprint density at radius 1 is 1.09 bits per heavy atom. The summed E-state index contributed by atoms with van der Waals surface area (Å²) in [5.74, 6) is 0.602. The van der Waals surface area contributed by atoms with E-state index in [1.807, 2.05) is 62.4 Å². The van der Waals surface area contributed by atoms with Gasteiger partial charge in [0.2, 0.25) is 0 Å². The summed E-state index contributed by atoms with van der Waals surface area (Å²) in [4.78, 5) is 12.6. The first-order valence-corrected chi connectivity index (χ1v) is 7.07. The lowest BCUT2D eigenvalue weighted by Crippen LogP contribution is -2.14. The number of rotatable bonds is 4. The van der Waals surface area contributed by atoms with Crippen LogP contribution in [0.5, 0.6) is 0 Å². The van der Waals surface area contributed by atoms with Crippen LogP contribution in [0.4, 0.5) is 0 Å². The Balaban J connectivity index is 1.90. The molecule has 0 radical (unpaired) electrons. The van der Waals surface area contributed by atoms with Crippen molar-refractivity contribution in [2.75, 3.05) is 0 Å². The average Bonchev–Trinajstić information content (AvgIpc) is 2.98. The van der Waals surface area contributed by atoms with Gasteiger partial charge in [0.25, 0.3) is 0 Å². The van der Waals surface area contributed by atoms with E-state index < -0.39 is 0 Å². The SMILES string of the molecule is Cc1ccc(C)c(C(=O)Cn2nnnc2-c2ccccc2)c1. The van der Waals surface area contributed by atoms with E-state index in [9.17, 15) is 4.79 Å². The predicted octanol–water partition coefficient (Wildman–Crippen LogP) is 2.84. The summed E-state index contributed by atoms with van der Waals surface area (Å²) in [5, 5.41) is 11.7. The maximum Gasteiger partial charge on any atom is 0.184 e. The fraction of sp³-hybridized carbons (Fsp3) is 0.176. The lowest BCUT2D eigenvalue weighted by atomic mass is 10.0. The van der Waals surface area contributed by atoms with Crippen LogP contribution in [-0.2, 0) is 6.54 Å². The van der Waals surface area contributed by atoms with E-state index in [4.69, 9.17) is 0 Å². The number of carbonyl (C=O) groups excluding carboxylic acids is 1. The van der Waals surface area contributed by atoms with E-state index in [1.165, 1.54) is 0 Å². The Labute approximate surface area is 128 Å². The van der Waals surface area contributed by atoms with Crippen LogP contribution in [0.25, 0.3) is 11.4 Å². The highest BCUT2D eigenvalue weighted by Crippen LogP contribution is 2.17. The number of carbonyl (C=O) groups is 1. The highest BCUT2D eigenvalue weighted by Gasteiger charge is 2.15. The normalized spacial score (nSPS) is 10.6. The molecular weight excluding hydrogens is 276 g/mol. The second-order valence-corrected chi connectivity index (χ2v) is 5.27. The molecule has 0 saturated heterocycles. The molecule has 5 nitrogen and oxygen atoms in total. The zero-order valence-electron chi connectivity index (χ0n) is 12.5. The Hall–Kier alpha value is -2.82. The topological polar surface area (TPSA) is 60.7 Å². The molecule has 3 rings (SSSR count). The molecule has 2 aromatic carbocycles. The van der Waals surface area contributed by atoms with Gasteiger partial charge in [-0.15, -0.1) is 5.10 Å². The van der Waals surface area contributed by atoms with Crippen molar-refractivity contribution in [3.8, 4) is 11.4 Å². The Kier molecular flexibility index (Phi) is 3.78. The van der Waals surface area contributed by atoms with Crippen LogP contribution in [0.15, 0.2) is 48.5 Å². The molecule has 22 heavy (non-hydrogen) atoms. The monoisotopic (exact) mass is 292 g/mol. The molecule has 110 valence electrons. The first kappa shape index (κ1) is 14.1. The van der Waals surface area contributed by atoms with E-state index >= 15 is 0 Å². The standard InChI is InChI=1S/C17H16N4O/c1-12-8-9-13(2)15(10-12)16(22)11-21-17(18-19-20-21)14-6-4-3-5-7-14/h3-10H,11H2,1-2H3. The number of benzene rings is 2. The molecule has 0 aliphatic rings. The summed E-state index contributed by atoms with van der Waals surface area (Å²) in [6, 6.07) is 15.5. The number of hydrogen-bond acceptors (Lipinski definition) is 4. The molecule has 0 atom stereocenters. The molecule has 5 heteroatoms. The maximum atomic E-state index is 12.6. The zero-order valence-corrected chi connectivity index (χ0v) is 12.5. The third-order valence-electron chi connectivity index (χ3n) is 3.55. The van der Waals surface area contributed by atoms with Crippen molar-refractivity contribution >= 4 is 5.78 Å². The van der Waals surface area contributed by atoms with Gasteiger partial charge in [-0.25, -0.2) is 4.68 Å². The van der Waals surface area contributed by atoms with Crippen LogP contribution in [0.3, 0.4) is 0 Å². The molecule has 3 aromatic rings. The Bertz CT molecular complexity index is 809. The van der Waals surface area contributed by atoms with Gasteiger partial charge >= 0.3 is 0 Å². The van der Waals surface area contributed by atoms with E-state index in [0.717, 1.165) is 22.3 Å². The maximum absolute atomic E-state index is 12.6. The number of hydrogen-bond donors (Lipinski definition) is 0. The van der Waals surface area contributed by atoms with Gasteiger partial charge in [-0.1, -0.05) is 48.0 Å². The summed E-state index contributed by atoms with van der Waals surface area (Å²) in [5.41, 5.74) is 3.63. The highest BCUT2D eigenvalue weighted by molar-refractivity contribution is 5.97. The Morgan fingerprint density at radius 3 is 2.64 bits per heavy atom. The number of ketones is 1. The van der Waals surface area contributed by atoms with Crippen LogP contribution in [0.2, 0.25) is 0 Å². The molecule has 1 heterocycles. The number of tetrazole rings is 1. The van der Waals surface area contributed by atoms with Gasteiger partial charge in [0.15, 0.2) is 11.6 Å². The second kappa shape index (κ2) is 5.89. The van der Waals surface area contributed by atoms with E-state index in [-0.39, 0.29) is 12.3 Å². The Morgan fingerprint density at radius 2 is 1.86 bits per heavy atom. The molecule has 0 fully saturated rings. The van der Waals surface area contributed by atoms with Crippen molar-refractivity contribution in [2.45, 2.75) is 20.4 Å². The van der Waals surface area contributed by atoms with Crippen molar-refractivity contribution in [2.24, 2.45) is 0 Å². The van der Waals surface area contributed by atoms with Crippen LogP contribution in [-0.4, -0.2) is 26.0 Å². The van der Waals surface area contributed by atoms with Gasteiger partial charge in [-0.3, -0.25) is 4.79 Å². The largest absolute Gasteiger partial charge is 0.292 e. The summed E-state index contributed by atoms with van der Waals surface area (Å²) in [6.45, 7) is 4.04. The van der Waals surface area contributed by atoms with Gasteiger partial charge in [-0.2, -0.15) is 0 Å². The molecule has 1 aromatic heterocycles. The van der Waals surface area contributed by atoms with E-state index in [1.54, 1.807) is 4.68 Å². The third kappa shape index (κ3) is 2.79. The fourth-order valence-corrected chi connectivity index (χ4v) is 2.36. The lowest BCUT2D eigenvalue weighted by molar-refractivity contribution is 0.0967. The molecule has 0 aliphatic carbocycles. The summed E-state index contributed by atoms with van der Waals surface area (Å²) in [6.07, 6.45) is 0. The molecule has 0 spiro atoms. The average molecular weight is 292 g/mol. The highest BCUT2D eigenvalue weighted by atomic mass is 16.1. The number of aryl methyl sites for hydroxylation is 2. The molecule has 0 unspecified atom stereocenters. The zero-order chi connectivity index (χ0) is 15.5. The minimum Gasteiger partial charge on any atom is -0.292 e. The smallest absolute Gasteiger partial charge is 0.184 e. The predicted molar refractivity (Wildman–Crippen MR) is 83.5 cm³/mol. The lowest BCUT2D eigenvalue weighted by Gasteiger charge is -2.07. The summed E-state index contributed by atoms with van der Waals surface area (Å²) < 4.78 is 1.54. The van der Waals surface area contributed by atoms with Gasteiger partial charge in [0.05, 0.1) is 0 Å². The first-order valence-electron chi connectivity index (χ1n) is 7.07. The van der Waals surface area contributed by atoms with Crippen molar-refractivity contribution in [1.29, 1.82) is 0 Å². The minimum absolute atomic E-state index is 0.00526. The number of aromatic nitrogens is 4. The minimum atomic E-state index is 0.00526. The molecule has 0 aliphatic heterocycles. The van der Waals surface area contributed by atoms with Gasteiger partial charge in [-0.05, 0) is 35.9 Å².